The van der Waals surface area contributed by atoms with Gasteiger partial charge >= 0.3 is 28.7 Å². The Kier molecular flexibility index (Phi) is 25.3. The molecule has 2 aliphatic rings. The number of rotatable bonds is 0. The van der Waals surface area contributed by atoms with Crippen molar-refractivity contribution < 1.29 is 19.4 Å². The third-order valence-electron chi connectivity index (χ3n) is 3.41. The maximum atomic E-state index is 4.64. The second kappa shape index (κ2) is 20.3. The van der Waals surface area contributed by atoms with E-state index in [4.69, 9.17) is 0 Å². The van der Waals surface area contributed by atoms with E-state index in [9.17, 15) is 0 Å². The molecule has 0 radical (unpaired) electrons. The van der Waals surface area contributed by atoms with Crippen LogP contribution in [0.1, 0.15) is 75.5 Å². The number of nitrogens with zero attached hydrogens (tertiary/aromatic N) is 1. The molecule has 0 unspecified atom stereocenters. The third kappa shape index (κ3) is 18.2. The average molecular weight is 348 g/mol. The molecule has 1 nitrogen and oxygen atoms in total. The maximum absolute atomic E-state index is 4.64. The Morgan fingerprint density at radius 2 is 1.05 bits per heavy atom. The molecule has 0 amide bonds. The van der Waals surface area contributed by atoms with Crippen LogP contribution in [0.5, 0.6) is 0 Å². The van der Waals surface area contributed by atoms with E-state index in [1.54, 1.807) is 0 Å². The van der Waals surface area contributed by atoms with Gasteiger partial charge in [-0.15, -0.1) is 0 Å². The summed E-state index contributed by atoms with van der Waals surface area (Å²) in [4.78, 5) is 4.02. The van der Waals surface area contributed by atoms with Crippen molar-refractivity contribution in [3.05, 3.63) is 38.4 Å². The van der Waals surface area contributed by atoms with Crippen LogP contribution in [0, 0.1) is 28.7 Å². The molecule has 0 aliphatic heterocycles. The van der Waals surface area contributed by atoms with Crippen LogP contribution in [0.3, 0.4) is 0 Å². The zero-order valence-corrected chi connectivity index (χ0v) is 16.9. The first kappa shape index (κ1) is 26.2. The molecule has 0 bridgehead atoms. The van der Waals surface area contributed by atoms with Crippen LogP contribution in [0.25, 0.3) is 0 Å². The molecule has 0 N–H and O–H groups in total. The summed E-state index contributed by atoms with van der Waals surface area (Å²) in [7, 11) is 4.64. The fourth-order valence-electron chi connectivity index (χ4n) is 2.38. The molecule has 0 atom stereocenters. The van der Waals surface area contributed by atoms with E-state index in [-0.39, 0.29) is 14.9 Å². The summed E-state index contributed by atoms with van der Waals surface area (Å²) in [5, 5.41) is 0. The Bertz CT molecular complexity index is 237. The Hall–Kier alpha value is 0.284. The van der Waals surface area contributed by atoms with Crippen molar-refractivity contribution in [3.63, 3.8) is 0 Å². The second-order valence-electron chi connectivity index (χ2n) is 5.32. The molecule has 1 aromatic heterocycles. The molecule has 2 fully saturated rings. The van der Waals surface area contributed by atoms with Gasteiger partial charge in [-0.1, -0.05) is 82.8 Å². The zero-order valence-electron chi connectivity index (χ0n) is 14.6. The molecular weight excluding hydrogens is 314 g/mol. The summed E-state index contributed by atoms with van der Waals surface area (Å²) < 4.78 is 0. The van der Waals surface area contributed by atoms with E-state index in [1.807, 2.05) is 20.0 Å². The molecule has 3 rings (SSSR count). The van der Waals surface area contributed by atoms with E-state index in [0.29, 0.717) is 0 Å². The van der Waals surface area contributed by atoms with Crippen molar-refractivity contribution in [2.24, 2.45) is 0 Å². The molecule has 122 valence electrons. The first-order valence-corrected chi connectivity index (χ1v) is 9.69. The predicted molar refractivity (Wildman–Crippen MR) is 94.1 cm³/mol. The summed E-state index contributed by atoms with van der Waals surface area (Å²) in [6.45, 7) is 4.03. The van der Waals surface area contributed by atoms with Crippen molar-refractivity contribution in [1.82, 2.24) is 4.98 Å². The van der Waals surface area contributed by atoms with Crippen LogP contribution in [0.2, 0.25) is 0 Å². The minimum atomic E-state index is 0. The normalized spacial score (nSPS) is 14.9. The molecule has 0 aromatic carbocycles. The van der Waals surface area contributed by atoms with Gasteiger partial charge in [-0.25, -0.2) is 0 Å². The van der Waals surface area contributed by atoms with E-state index < -0.39 is 0 Å². The van der Waals surface area contributed by atoms with Gasteiger partial charge in [-0.05, 0) is 6.92 Å². The molecule has 2 aliphatic carbocycles. The third-order valence-corrected chi connectivity index (χ3v) is 3.41. The van der Waals surface area contributed by atoms with Crippen LogP contribution >= 0.6 is 9.30 Å². The van der Waals surface area contributed by atoms with Crippen LogP contribution in [0.4, 0.5) is 0 Å². The van der Waals surface area contributed by atoms with Gasteiger partial charge in [0, 0.05) is 0 Å². The van der Waals surface area contributed by atoms with Gasteiger partial charge in [0.1, 0.15) is 0 Å². The molecule has 1 aromatic rings. The topological polar surface area (TPSA) is 14.1 Å². The van der Waals surface area contributed by atoms with Gasteiger partial charge in [0.15, 0.2) is 0 Å². The minimum absolute atomic E-state index is 0. The fraction of sp³-hybridized carbons (Fsp3) is 0.667. The average Bonchev–Trinajstić information content (AvgIpc) is 3.18. The van der Waals surface area contributed by atoms with Gasteiger partial charge in [0.05, 0.1) is 0 Å². The van der Waals surface area contributed by atoms with Crippen molar-refractivity contribution in [3.8, 4) is 0 Å². The SMILES string of the molecule is C1CCCC1.C1CCCC1.Cc1c[n-]c(C)c1.[CH3-].[CH3-].[Cl][Ti+3]. The number of halogens is 1. The second-order valence-corrected chi connectivity index (χ2v) is 5.32. The number of aromatic nitrogens is 1. The van der Waals surface area contributed by atoms with Gasteiger partial charge in [-0.3, -0.25) is 0 Å². The van der Waals surface area contributed by atoms with Gasteiger partial charge in [0.2, 0.25) is 0 Å². The Morgan fingerprint density at radius 1 is 0.762 bits per heavy atom. The van der Waals surface area contributed by atoms with Crippen molar-refractivity contribution in [2.75, 3.05) is 0 Å². The number of hydrogen-bond donors (Lipinski definition) is 0. The molecule has 3 heteroatoms. The molecule has 0 saturated heterocycles. The van der Waals surface area contributed by atoms with Crippen LogP contribution in [-0.4, -0.2) is 0 Å². The molecular formula is C18H34ClNTi. The summed E-state index contributed by atoms with van der Waals surface area (Å²) >= 11 is 1.47. The van der Waals surface area contributed by atoms with E-state index >= 15 is 0 Å². The predicted octanol–water partition coefficient (Wildman–Crippen LogP) is 6.75. The van der Waals surface area contributed by atoms with Crippen molar-refractivity contribution in [2.45, 2.75) is 78.1 Å². The summed E-state index contributed by atoms with van der Waals surface area (Å²) in [5.41, 5.74) is 2.36. The monoisotopic (exact) mass is 347 g/mol. The summed E-state index contributed by atoms with van der Waals surface area (Å²) in [5.74, 6) is 0. The van der Waals surface area contributed by atoms with Crippen molar-refractivity contribution >= 4 is 9.30 Å². The first-order valence-electron chi connectivity index (χ1n) is 7.54. The number of aryl methyl sites for hydroxylation is 2. The van der Waals surface area contributed by atoms with Crippen molar-refractivity contribution in [1.29, 1.82) is 0 Å². The first-order chi connectivity index (χ1) is 9.29. The quantitative estimate of drug-likeness (QED) is 0.374. The summed E-state index contributed by atoms with van der Waals surface area (Å²) in [6.07, 6.45) is 16.9. The molecule has 1 heterocycles. The standard InChI is InChI=1S/C6H8N.2C5H10.2CH3.ClH.Ti/c1-5-3-6(2)7-4-5;2*1-2-4-5-3-1;;;;/h3-4H,1-2H3;2*1-5H2;2*1H3;1H;/q-1;;;2*-1;;+4/p-1. The van der Waals surface area contributed by atoms with Crippen LogP contribution in [-0.2, 0) is 19.4 Å². The Labute approximate surface area is 149 Å². The van der Waals surface area contributed by atoms with E-state index in [1.165, 1.54) is 89.1 Å². The summed E-state index contributed by atoms with van der Waals surface area (Å²) in [6, 6.07) is 2.06. The molecule has 0 spiro atoms. The molecule has 2 saturated carbocycles. The Morgan fingerprint density at radius 3 is 1.14 bits per heavy atom. The van der Waals surface area contributed by atoms with Crippen LogP contribution < -0.4 is 4.98 Å². The van der Waals surface area contributed by atoms with Gasteiger partial charge < -0.3 is 19.8 Å². The zero-order chi connectivity index (χ0) is 14.3. The van der Waals surface area contributed by atoms with Gasteiger partial charge in [0.25, 0.3) is 0 Å². The van der Waals surface area contributed by atoms with Crippen LogP contribution in [0.15, 0.2) is 12.3 Å². The molecule has 21 heavy (non-hydrogen) atoms. The van der Waals surface area contributed by atoms with Gasteiger partial charge in [-0.2, -0.15) is 11.9 Å². The Balaban J connectivity index is -0.000000212. The number of hydrogen-bond acceptors (Lipinski definition) is 0. The van der Waals surface area contributed by atoms with E-state index in [0.717, 1.165) is 5.69 Å². The van der Waals surface area contributed by atoms with E-state index in [2.05, 4.69) is 20.4 Å². The fourth-order valence-corrected chi connectivity index (χ4v) is 2.38.